The van der Waals surface area contributed by atoms with E-state index in [1.54, 1.807) is 0 Å². The summed E-state index contributed by atoms with van der Waals surface area (Å²) in [5.74, 6) is 0.180. The normalized spacial score (nSPS) is 15.2. The zero-order valence-corrected chi connectivity index (χ0v) is 10.9. The van der Waals surface area contributed by atoms with Crippen LogP contribution < -0.4 is 4.90 Å². The van der Waals surface area contributed by atoms with Gasteiger partial charge < -0.3 is 10.0 Å². The van der Waals surface area contributed by atoms with Crippen molar-refractivity contribution < 1.29 is 9.90 Å². The third-order valence-corrected chi connectivity index (χ3v) is 3.70. The minimum absolute atomic E-state index is 0.173. The monoisotopic (exact) mass is 247 g/mol. The maximum absolute atomic E-state index is 11.6. The van der Waals surface area contributed by atoms with Crippen molar-refractivity contribution in [2.75, 3.05) is 18.1 Å². The Morgan fingerprint density at radius 3 is 2.44 bits per heavy atom. The van der Waals surface area contributed by atoms with Crippen LogP contribution in [0.5, 0.6) is 0 Å². The molecule has 18 heavy (non-hydrogen) atoms. The molecular formula is C15H21NO2. The first-order chi connectivity index (χ1) is 8.76. The van der Waals surface area contributed by atoms with Crippen LogP contribution in [-0.4, -0.2) is 30.1 Å². The smallest absolute Gasteiger partial charge is 0.162 e. The molecule has 1 aliphatic rings. The standard InChI is InChI=1S/C15H21NO2/c1-2-15(18)12-6-8-14(9-7-12)16(10-11-17)13-4-3-5-13/h6-9,13,17H,2-5,10-11H2,1H3. The summed E-state index contributed by atoms with van der Waals surface area (Å²) in [5, 5.41) is 9.15. The molecule has 3 heteroatoms. The van der Waals surface area contributed by atoms with E-state index in [4.69, 9.17) is 5.11 Å². The van der Waals surface area contributed by atoms with Gasteiger partial charge in [0, 0.05) is 30.3 Å². The van der Waals surface area contributed by atoms with E-state index < -0.39 is 0 Å². The largest absolute Gasteiger partial charge is 0.395 e. The number of hydrogen-bond donors (Lipinski definition) is 1. The van der Waals surface area contributed by atoms with Crippen LogP contribution in [0.25, 0.3) is 0 Å². The molecule has 2 rings (SSSR count). The first kappa shape index (κ1) is 13.1. The van der Waals surface area contributed by atoms with Gasteiger partial charge in [-0.25, -0.2) is 0 Å². The van der Waals surface area contributed by atoms with Crippen molar-refractivity contribution >= 4 is 11.5 Å². The summed E-state index contributed by atoms with van der Waals surface area (Å²) in [5.41, 5.74) is 1.89. The van der Waals surface area contributed by atoms with E-state index in [-0.39, 0.29) is 12.4 Å². The number of aliphatic hydroxyl groups is 1. The summed E-state index contributed by atoms with van der Waals surface area (Å²) >= 11 is 0. The molecule has 0 spiro atoms. The van der Waals surface area contributed by atoms with Crippen LogP contribution >= 0.6 is 0 Å². The van der Waals surface area contributed by atoms with Crippen LogP contribution in [0.15, 0.2) is 24.3 Å². The summed E-state index contributed by atoms with van der Waals surface area (Å²) in [4.78, 5) is 13.8. The van der Waals surface area contributed by atoms with Gasteiger partial charge in [-0.3, -0.25) is 4.79 Å². The van der Waals surface area contributed by atoms with Crippen molar-refractivity contribution in [1.82, 2.24) is 0 Å². The molecule has 0 saturated heterocycles. The number of Topliss-reactive ketones (excluding diaryl/α,β-unsaturated/α-hetero) is 1. The fourth-order valence-corrected chi connectivity index (χ4v) is 2.37. The summed E-state index contributed by atoms with van der Waals surface area (Å²) in [6.45, 7) is 2.72. The van der Waals surface area contributed by atoms with Crippen LogP contribution in [0.3, 0.4) is 0 Å². The van der Waals surface area contributed by atoms with E-state index in [1.165, 1.54) is 19.3 Å². The molecule has 1 aromatic rings. The van der Waals surface area contributed by atoms with E-state index in [9.17, 15) is 4.79 Å². The number of nitrogens with zero attached hydrogens (tertiary/aromatic N) is 1. The summed E-state index contributed by atoms with van der Waals surface area (Å²) < 4.78 is 0. The molecule has 0 aromatic heterocycles. The molecular weight excluding hydrogens is 226 g/mol. The highest BCUT2D eigenvalue weighted by atomic mass is 16.3. The van der Waals surface area contributed by atoms with Crippen LogP contribution in [0.4, 0.5) is 5.69 Å². The molecule has 1 N–H and O–H groups in total. The van der Waals surface area contributed by atoms with Crippen molar-refractivity contribution in [2.24, 2.45) is 0 Å². The highest BCUT2D eigenvalue weighted by molar-refractivity contribution is 5.96. The number of benzene rings is 1. The maximum atomic E-state index is 11.6. The number of ketones is 1. The first-order valence-electron chi connectivity index (χ1n) is 6.77. The predicted molar refractivity (Wildman–Crippen MR) is 73.1 cm³/mol. The highest BCUT2D eigenvalue weighted by Crippen LogP contribution is 2.29. The molecule has 0 radical (unpaired) electrons. The summed E-state index contributed by atoms with van der Waals surface area (Å²) in [7, 11) is 0. The molecule has 98 valence electrons. The number of aliphatic hydroxyl groups excluding tert-OH is 1. The van der Waals surface area contributed by atoms with E-state index in [1.807, 2.05) is 31.2 Å². The third kappa shape index (κ3) is 2.72. The van der Waals surface area contributed by atoms with Crippen LogP contribution in [0.2, 0.25) is 0 Å². The number of anilines is 1. The van der Waals surface area contributed by atoms with Crippen molar-refractivity contribution in [3.63, 3.8) is 0 Å². The van der Waals surface area contributed by atoms with Gasteiger partial charge in [0.05, 0.1) is 6.61 Å². The minimum Gasteiger partial charge on any atom is -0.395 e. The molecule has 3 nitrogen and oxygen atoms in total. The van der Waals surface area contributed by atoms with Crippen molar-refractivity contribution in [1.29, 1.82) is 0 Å². The van der Waals surface area contributed by atoms with Gasteiger partial charge >= 0.3 is 0 Å². The summed E-state index contributed by atoms with van der Waals surface area (Å²) in [6.07, 6.45) is 4.23. The van der Waals surface area contributed by atoms with Gasteiger partial charge in [0.2, 0.25) is 0 Å². The maximum Gasteiger partial charge on any atom is 0.162 e. The first-order valence-corrected chi connectivity index (χ1v) is 6.77. The molecule has 1 saturated carbocycles. The fourth-order valence-electron chi connectivity index (χ4n) is 2.37. The molecule has 0 unspecified atom stereocenters. The van der Waals surface area contributed by atoms with Gasteiger partial charge in [0.15, 0.2) is 5.78 Å². The lowest BCUT2D eigenvalue weighted by molar-refractivity contribution is 0.0988. The molecule has 1 aliphatic carbocycles. The lowest BCUT2D eigenvalue weighted by atomic mass is 9.91. The molecule has 0 amide bonds. The Balaban J connectivity index is 2.12. The number of carbonyl (C=O) groups is 1. The predicted octanol–water partition coefficient (Wildman–Crippen LogP) is 2.63. The van der Waals surface area contributed by atoms with Gasteiger partial charge in [-0.1, -0.05) is 6.92 Å². The van der Waals surface area contributed by atoms with Gasteiger partial charge in [-0.05, 0) is 43.5 Å². The highest BCUT2D eigenvalue weighted by Gasteiger charge is 2.24. The number of rotatable bonds is 6. The SMILES string of the molecule is CCC(=O)c1ccc(N(CCO)C2CCC2)cc1. The third-order valence-electron chi connectivity index (χ3n) is 3.70. The number of carbonyl (C=O) groups excluding carboxylic acids is 1. The molecule has 1 fully saturated rings. The van der Waals surface area contributed by atoms with Gasteiger partial charge in [-0.15, -0.1) is 0 Å². The molecule has 0 aliphatic heterocycles. The number of hydrogen-bond acceptors (Lipinski definition) is 3. The second-order valence-electron chi connectivity index (χ2n) is 4.83. The fraction of sp³-hybridized carbons (Fsp3) is 0.533. The molecule has 0 atom stereocenters. The lowest BCUT2D eigenvalue weighted by Crippen LogP contribution is -2.41. The van der Waals surface area contributed by atoms with E-state index in [2.05, 4.69) is 4.90 Å². The van der Waals surface area contributed by atoms with Crippen molar-refractivity contribution in [3.05, 3.63) is 29.8 Å². The lowest BCUT2D eigenvalue weighted by Gasteiger charge is -2.39. The van der Waals surface area contributed by atoms with E-state index in [0.717, 1.165) is 11.3 Å². The molecule has 0 heterocycles. The molecule has 0 bridgehead atoms. The Morgan fingerprint density at radius 2 is 2.00 bits per heavy atom. The zero-order chi connectivity index (χ0) is 13.0. The van der Waals surface area contributed by atoms with Gasteiger partial charge in [0.25, 0.3) is 0 Å². The van der Waals surface area contributed by atoms with Crippen LogP contribution in [-0.2, 0) is 0 Å². The minimum atomic E-state index is 0.173. The van der Waals surface area contributed by atoms with Crippen molar-refractivity contribution in [3.8, 4) is 0 Å². The molecule has 1 aromatic carbocycles. The zero-order valence-electron chi connectivity index (χ0n) is 10.9. The quantitative estimate of drug-likeness (QED) is 0.786. The average molecular weight is 247 g/mol. The Bertz CT molecular complexity index is 395. The van der Waals surface area contributed by atoms with Crippen LogP contribution in [0.1, 0.15) is 43.0 Å². The Morgan fingerprint density at radius 1 is 1.33 bits per heavy atom. The second kappa shape index (κ2) is 6.01. The summed E-state index contributed by atoms with van der Waals surface area (Å²) in [6, 6.07) is 8.34. The van der Waals surface area contributed by atoms with Gasteiger partial charge in [-0.2, -0.15) is 0 Å². The average Bonchev–Trinajstić information content (AvgIpc) is 2.35. The Labute approximate surface area is 108 Å². The topological polar surface area (TPSA) is 40.5 Å². The Hall–Kier alpha value is -1.35. The van der Waals surface area contributed by atoms with Gasteiger partial charge in [0.1, 0.15) is 0 Å². The van der Waals surface area contributed by atoms with E-state index >= 15 is 0 Å². The van der Waals surface area contributed by atoms with Crippen LogP contribution in [0, 0.1) is 0 Å². The second-order valence-corrected chi connectivity index (χ2v) is 4.83. The van der Waals surface area contributed by atoms with E-state index in [0.29, 0.717) is 19.0 Å². The van der Waals surface area contributed by atoms with Crippen molar-refractivity contribution in [2.45, 2.75) is 38.6 Å². The Kier molecular flexibility index (Phi) is 4.37.